The van der Waals surface area contributed by atoms with Crippen LogP contribution in [0.3, 0.4) is 0 Å². The van der Waals surface area contributed by atoms with E-state index in [1.54, 1.807) is 6.92 Å². The lowest BCUT2D eigenvalue weighted by Crippen LogP contribution is -2.41. The first-order valence-electron chi connectivity index (χ1n) is 11.2. The highest BCUT2D eigenvalue weighted by Crippen LogP contribution is 2.44. The molecule has 3 atom stereocenters. The maximum Gasteiger partial charge on any atom is 0.407 e. The Kier molecular flexibility index (Phi) is 6.65. The van der Waals surface area contributed by atoms with Crippen LogP contribution in [0.4, 0.5) is 4.79 Å². The maximum atomic E-state index is 12.4. The Bertz CT molecular complexity index is 1010. The van der Waals surface area contributed by atoms with E-state index in [0.29, 0.717) is 6.42 Å². The summed E-state index contributed by atoms with van der Waals surface area (Å²) in [7, 11) is 0. The van der Waals surface area contributed by atoms with Crippen LogP contribution in [-0.4, -0.2) is 64.4 Å². The zero-order chi connectivity index (χ0) is 23.5. The maximum absolute atomic E-state index is 12.4. The van der Waals surface area contributed by atoms with Crippen LogP contribution in [0.5, 0.6) is 0 Å². The molecular formula is C25H28N2O6. The first-order chi connectivity index (χ1) is 15.8. The van der Waals surface area contributed by atoms with Crippen LogP contribution in [0.25, 0.3) is 11.1 Å². The lowest BCUT2D eigenvalue weighted by Gasteiger charge is -2.22. The molecule has 2 aromatic rings. The summed E-state index contributed by atoms with van der Waals surface area (Å²) in [6, 6.07) is 14.9. The van der Waals surface area contributed by atoms with Gasteiger partial charge >= 0.3 is 12.1 Å². The molecule has 0 radical (unpaired) electrons. The molecule has 2 aliphatic rings. The van der Waals surface area contributed by atoms with E-state index in [-0.39, 0.29) is 43.9 Å². The van der Waals surface area contributed by atoms with E-state index in [4.69, 9.17) is 4.74 Å². The molecule has 0 bridgehead atoms. The van der Waals surface area contributed by atoms with E-state index in [2.05, 4.69) is 29.6 Å². The zero-order valence-electron chi connectivity index (χ0n) is 18.4. The SMILES string of the molecule is CC(CCC(=O)N1C[C@H](O)C[C@@H]1C(=O)O)NC(=O)OCC1c2ccccc2-c2ccccc21. The van der Waals surface area contributed by atoms with Crippen molar-refractivity contribution in [3.63, 3.8) is 0 Å². The Morgan fingerprint density at radius 2 is 1.70 bits per heavy atom. The molecular weight excluding hydrogens is 424 g/mol. The van der Waals surface area contributed by atoms with Crippen LogP contribution < -0.4 is 5.32 Å². The second-order valence-electron chi connectivity index (χ2n) is 8.70. The lowest BCUT2D eigenvalue weighted by atomic mass is 9.98. The molecule has 8 heteroatoms. The van der Waals surface area contributed by atoms with Gasteiger partial charge in [-0.2, -0.15) is 0 Å². The monoisotopic (exact) mass is 452 g/mol. The fourth-order valence-corrected chi connectivity index (χ4v) is 4.72. The molecule has 1 aliphatic carbocycles. The van der Waals surface area contributed by atoms with E-state index in [1.807, 2.05) is 24.3 Å². The van der Waals surface area contributed by atoms with Crippen LogP contribution in [0, 0.1) is 0 Å². The van der Waals surface area contributed by atoms with Gasteiger partial charge in [-0.3, -0.25) is 4.79 Å². The molecule has 3 N–H and O–H groups in total. The summed E-state index contributed by atoms with van der Waals surface area (Å²) >= 11 is 0. The van der Waals surface area contributed by atoms with E-state index >= 15 is 0 Å². The highest BCUT2D eigenvalue weighted by molar-refractivity contribution is 5.84. The number of hydrogen-bond donors (Lipinski definition) is 3. The molecule has 1 fully saturated rings. The second kappa shape index (κ2) is 9.62. The number of rotatable bonds is 7. The largest absolute Gasteiger partial charge is 0.480 e. The fraction of sp³-hybridized carbons (Fsp3) is 0.400. The number of carboxylic acids is 1. The number of likely N-dealkylation sites (tertiary alicyclic amines) is 1. The fourth-order valence-electron chi connectivity index (χ4n) is 4.72. The summed E-state index contributed by atoms with van der Waals surface area (Å²) in [5.41, 5.74) is 4.57. The average molecular weight is 453 g/mol. The number of ether oxygens (including phenoxy) is 1. The van der Waals surface area contributed by atoms with Crippen LogP contribution in [-0.2, 0) is 14.3 Å². The minimum absolute atomic E-state index is 0.0178. The molecule has 8 nitrogen and oxygen atoms in total. The van der Waals surface area contributed by atoms with Crippen LogP contribution >= 0.6 is 0 Å². The third-order valence-electron chi connectivity index (χ3n) is 6.38. The topological polar surface area (TPSA) is 116 Å². The first kappa shape index (κ1) is 22.8. The molecule has 1 heterocycles. The summed E-state index contributed by atoms with van der Waals surface area (Å²) in [5, 5.41) is 21.7. The van der Waals surface area contributed by atoms with Crippen molar-refractivity contribution in [3.05, 3.63) is 59.7 Å². The van der Waals surface area contributed by atoms with Crippen molar-refractivity contribution < 1.29 is 29.3 Å². The van der Waals surface area contributed by atoms with Gasteiger partial charge in [0, 0.05) is 31.3 Å². The average Bonchev–Trinajstić information content (AvgIpc) is 3.34. The molecule has 1 aliphatic heterocycles. The van der Waals surface area contributed by atoms with Gasteiger partial charge in [0.25, 0.3) is 0 Å². The van der Waals surface area contributed by atoms with Gasteiger partial charge in [0.2, 0.25) is 5.91 Å². The molecule has 0 aromatic heterocycles. The molecule has 174 valence electrons. The molecule has 2 amide bonds. The third kappa shape index (κ3) is 4.85. The first-order valence-corrected chi connectivity index (χ1v) is 11.2. The molecule has 1 saturated heterocycles. The Balaban J connectivity index is 1.27. The van der Waals surface area contributed by atoms with Crippen LogP contribution in [0.2, 0.25) is 0 Å². The Labute approximate surface area is 192 Å². The van der Waals surface area contributed by atoms with Crippen molar-refractivity contribution in [1.82, 2.24) is 10.2 Å². The highest BCUT2D eigenvalue weighted by Gasteiger charge is 2.38. The second-order valence-corrected chi connectivity index (χ2v) is 8.70. The molecule has 2 aromatic carbocycles. The van der Waals surface area contributed by atoms with Crippen molar-refractivity contribution >= 4 is 18.0 Å². The number of aliphatic hydroxyl groups is 1. The number of aliphatic hydroxyl groups excluding tert-OH is 1. The highest BCUT2D eigenvalue weighted by atomic mass is 16.5. The van der Waals surface area contributed by atoms with Gasteiger partial charge in [0.15, 0.2) is 0 Å². The number of alkyl carbamates (subject to hydrolysis) is 1. The summed E-state index contributed by atoms with van der Waals surface area (Å²) in [5.74, 6) is -1.50. The quantitative estimate of drug-likeness (QED) is 0.595. The van der Waals surface area contributed by atoms with Crippen molar-refractivity contribution in [2.75, 3.05) is 13.2 Å². The number of aliphatic carboxylic acids is 1. The Morgan fingerprint density at radius 1 is 1.09 bits per heavy atom. The molecule has 4 rings (SSSR count). The van der Waals surface area contributed by atoms with Crippen molar-refractivity contribution in [1.29, 1.82) is 0 Å². The minimum Gasteiger partial charge on any atom is -0.480 e. The van der Waals surface area contributed by atoms with Crippen molar-refractivity contribution in [2.24, 2.45) is 0 Å². The summed E-state index contributed by atoms with van der Waals surface area (Å²) < 4.78 is 5.52. The van der Waals surface area contributed by atoms with E-state index in [0.717, 1.165) is 22.3 Å². The van der Waals surface area contributed by atoms with E-state index in [1.165, 1.54) is 4.90 Å². The van der Waals surface area contributed by atoms with Crippen molar-refractivity contribution in [2.45, 2.75) is 50.3 Å². The van der Waals surface area contributed by atoms with Gasteiger partial charge in [-0.05, 0) is 35.6 Å². The van der Waals surface area contributed by atoms with Gasteiger partial charge in [-0.15, -0.1) is 0 Å². The van der Waals surface area contributed by atoms with E-state index in [9.17, 15) is 24.6 Å². The van der Waals surface area contributed by atoms with E-state index < -0.39 is 24.2 Å². The zero-order valence-corrected chi connectivity index (χ0v) is 18.4. The number of carboxylic acid groups (broad SMARTS) is 1. The number of nitrogens with zero attached hydrogens (tertiary/aromatic N) is 1. The Morgan fingerprint density at radius 3 is 2.30 bits per heavy atom. The number of nitrogens with one attached hydrogen (secondary N) is 1. The number of β-amino-alcohol motifs (C(OH)–C–C–N with tert-alkyl or cyclic N) is 1. The minimum atomic E-state index is -1.12. The molecule has 0 spiro atoms. The van der Waals surface area contributed by atoms with Gasteiger partial charge < -0.3 is 25.2 Å². The number of hydrogen-bond acceptors (Lipinski definition) is 5. The molecule has 33 heavy (non-hydrogen) atoms. The summed E-state index contributed by atoms with van der Waals surface area (Å²) in [4.78, 5) is 37.3. The van der Waals surface area contributed by atoms with Gasteiger partial charge in [-0.25, -0.2) is 9.59 Å². The normalized spacial score (nSPS) is 20.1. The lowest BCUT2D eigenvalue weighted by molar-refractivity contribution is -0.148. The standard InChI is InChI=1S/C25H28N2O6/c1-15(10-11-23(29)27-13-16(28)12-22(27)24(30)31)26-25(32)33-14-21-19-8-4-2-6-17(19)18-7-3-5-9-20(18)21/h2-9,15-16,21-22,28H,10-14H2,1H3,(H,26,32)(H,30,31)/t15?,16-,22-/m1/s1. The number of carbonyl (C=O) groups excluding carboxylic acids is 2. The summed E-state index contributed by atoms with van der Waals surface area (Å²) in [6.07, 6.45) is -0.944. The smallest absolute Gasteiger partial charge is 0.407 e. The molecule has 0 saturated carbocycles. The summed E-state index contributed by atoms with van der Waals surface area (Å²) in [6.45, 7) is 1.99. The number of amides is 2. The predicted molar refractivity (Wildman–Crippen MR) is 121 cm³/mol. The number of carbonyl (C=O) groups is 3. The number of benzene rings is 2. The van der Waals surface area contributed by atoms with Crippen LogP contribution in [0.15, 0.2) is 48.5 Å². The number of fused-ring (bicyclic) bond motifs is 3. The Hall–Kier alpha value is -3.39. The third-order valence-corrected chi connectivity index (χ3v) is 6.38. The van der Waals surface area contributed by atoms with Gasteiger partial charge in [-0.1, -0.05) is 48.5 Å². The molecule has 1 unspecified atom stereocenters. The van der Waals surface area contributed by atoms with Crippen LogP contribution in [0.1, 0.15) is 43.2 Å². The van der Waals surface area contributed by atoms with Gasteiger partial charge in [0.1, 0.15) is 12.6 Å². The van der Waals surface area contributed by atoms with Crippen molar-refractivity contribution in [3.8, 4) is 11.1 Å². The predicted octanol–water partition coefficient (Wildman–Crippen LogP) is 2.74. The van der Waals surface area contributed by atoms with Gasteiger partial charge in [0.05, 0.1) is 6.10 Å².